The number of likely N-dealkylation sites (tertiary alicyclic amines) is 1. The molecule has 1 saturated heterocycles. The SMILES string of the molecule is CC(=O)C(C)C1CCN(C(=O)c2ccc(Cc3ccc(-c4ccc5c(c4)CCC5=O)n4ccnc34)cc2)C1. The van der Waals surface area contributed by atoms with Gasteiger partial charge in [-0.25, -0.2) is 4.98 Å². The zero-order valence-corrected chi connectivity index (χ0v) is 21.8. The maximum absolute atomic E-state index is 13.1. The summed E-state index contributed by atoms with van der Waals surface area (Å²) >= 11 is 0. The highest BCUT2D eigenvalue weighted by Crippen LogP contribution is 2.30. The van der Waals surface area contributed by atoms with Gasteiger partial charge in [0.05, 0.1) is 5.69 Å². The van der Waals surface area contributed by atoms with Crippen LogP contribution in [0.3, 0.4) is 0 Å². The normalized spacial score (nSPS) is 17.7. The minimum Gasteiger partial charge on any atom is -0.338 e. The highest BCUT2D eigenvalue weighted by atomic mass is 16.2. The van der Waals surface area contributed by atoms with Crippen molar-refractivity contribution in [2.24, 2.45) is 11.8 Å². The summed E-state index contributed by atoms with van der Waals surface area (Å²) in [5, 5.41) is 0. The van der Waals surface area contributed by atoms with Crippen LogP contribution in [0.1, 0.15) is 64.1 Å². The van der Waals surface area contributed by atoms with Gasteiger partial charge in [0.15, 0.2) is 5.78 Å². The fourth-order valence-electron chi connectivity index (χ4n) is 5.94. The lowest BCUT2D eigenvalue weighted by Gasteiger charge is -2.19. The van der Waals surface area contributed by atoms with Crippen molar-refractivity contribution in [1.29, 1.82) is 0 Å². The van der Waals surface area contributed by atoms with Gasteiger partial charge >= 0.3 is 0 Å². The van der Waals surface area contributed by atoms with Gasteiger partial charge in [-0.2, -0.15) is 0 Å². The van der Waals surface area contributed by atoms with Gasteiger partial charge in [0.25, 0.3) is 5.91 Å². The number of benzene rings is 2. The van der Waals surface area contributed by atoms with Crippen LogP contribution in [0.2, 0.25) is 0 Å². The van der Waals surface area contributed by atoms with E-state index in [0.717, 1.165) is 52.0 Å². The van der Waals surface area contributed by atoms with E-state index in [4.69, 9.17) is 0 Å². The second-order valence-electron chi connectivity index (χ2n) is 10.7. The van der Waals surface area contributed by atoms with E-state index >= 15 is 0 Å². The van der Waals surface area contributed by atoms with Crippen molar-refractivity contribution >= 4 is 23.1 Å². The molecule has 6 rings (SSSR count). The molecule has 0 saturated carbocycles. The minimum atomic E-state index is -0.00652. The van der Waals surface area contributed by atoms with Gasteiger partial charge in [-0.3, -0.25) is 18.8 Å². The monoisotopic (exact) mass is 505 g/mol. The number of nitrogens with zero attached hydrogens (tertiary/aromatic N) is 3. The van der Waals surface area contributed by atoms with Crippen LogP contribution in [0.4, 0.5) is 0 Å². The number of ketones is 2. The minimum absolute atomic E-state index is 0.00652. The molecule has 2 atom stereocenters. The number of Topliss-reactive ketones (excluding diaryl/α,β-unsaturated/α-hetero) is 2. The van der Waals surface area contributed by atoms with Crippen LogP contribution in [0.5, 0.6) is 0 Å². The molecule has 2 aliphatic rings. The molecule has 0 bridgehead atoms. The average molecular weight is 506 g/mol. The average Bonchev–Trinajstić information content (AvgIpc) is 3.69. The number of hydrogen-bond donors (Lipinski definition) is 0. The van der Waals surface area contributed by atoms with Crippen LogP contribution < -0.4 is 0 Å². The number of rotatable bonds is 6. The molecule has 3 heterocycles. The first kappa shape index (κ1) is 24.3. The van der Waals surface area contributed by atoms with E-state index in [-0.39, 0.29) is 29.3 Å². The molecule has 0 spiro atoms. The number of carbonyl (C=O) groups excluding carboxylic acids is 3. The van der Waals surface area contributed by atoms with Crippen LogP contribution in [-0.4, -0.2) is 44.8 Å². The Hall–Kier alpha value is -4.06. The summed E-state index contributed by atoms with van der Waals surface area (Å²) in [6, 6.07) is 18.2. The first-order valence-electron chi connectivity index (χ1n) is 13.4. The van der Waals surface area contributed by atoms with E-state index in [9.17, 15) is 14.4 Å². The Morgan fingerprint density at radius 2 is 1.87 bits per heavy atom. The molecule has 1 amide bonds. The molecule has 192 valence electrons. The van der Waals surface area contributed by atoms with E-state index in [1.807, 2.05) is 60.6 Å². The molecule has 2 unspecified atom stereocenters. The molecule has 4 aromatic rings. The van der Waals surface area contributed by atoms with Crippen molar-refractivity contribution in [2.75, 3.05) is 13.1 Å². The Bertz CT molecular complexity index is 1570. The highest BCUT2D eigenvalue weighted by Gasteiger charge is 2.32. The van der Waals surface area contributed by atoms with Crippen LogP contribution in [0, 0.1) is 11.8 Å². The van der Waals surface area contributed by atoms with Gasteiger partial charge in [-0.05, 0) is 72.2 Å². The lowest BCUT2D eigenvalue weighted by molar-refractivity contribution is -0.121. The van der Waals surface area contributed by atoms with Crippen LogP contribution in [0.25, 0.3) is 16.9 Å². The summed E-state index contributed by atoms with van der Waals surface area (Å²) in [6.07, 6.45) is 6.78. The van der Waals surface area contributed by atoms with E-state index in [2.05, 4.69) is 27.6 Å². The van der Waals surface area contributed by atoms with Crippen LogP contribution >= 0.6 is 0 Å². The van der Waals surface area contributed by atoms with Crippen LogP contribution in [0.15, 0.2) is 67.0 Å². The predicted molar refractivity (Wildman–Crippen MR) is 146 cm³/mol. The molecule has 1 fully saturated rings. The summed E-state index contributed by atoms with van der Waals surface area (Å²) in [7, 11) is 0. The molecule has 6 heteroatoms. The molecular weight excluding hydrogens is 474 g/mol. The van der Waals surface area contributed by atoms with Gasteiger partial charge in [-0.1, -0.05) is 37.3 Å². The number of fused-ring (bicyclic) bond motifs is 2. The zero-order valence-electron chi connectivity index (χ0n) is 21.8. The maximum Gasteiger partial charge on any atom is 0.253 e. The quantitative estimate of drug-likeness (QED) is 0.351. The molecule has 38 heavy (non-hydrogen) atoms. The molecule has 0 radical (unpaired) electrons. The number of aryl methyl sites for hydroxylation is 1. The Balaban J connectivity index is 1.19. The van der Waals surface area contributed by atoms with Crippen molar-refractivity contribution in [2.45, 2.75) is 39.5 Å². The third kappa shape index (κ3) is 4.34. The second-order valence-corrected chi connectivity index (χ2v) is 10.7. The third-order valence-corrected chi connectivity index (χ3v) is 8.41. The van der Waals surface area contributed by atoms with Crippen molar-refractivity contribution in [3.63, 3.8) is 0 Å². The number of aromatic nitrogens is 2. The van der Waals surface area contributed by atoms with E-state index < -0.39 is 0 Å². The Morgan fingerprint density at radius 1 is 1.05 bits per heavy atom. The number of imidazole rings is 1. The Morgan fingerprint density at radius 3 is 2.66 bits per heavy atom. The predicted octanol–water partition coefficient (Wildman–Crippen LogP) is 5.41. The third-order valence-electron chi connectivity index (χ3n) is 8.41. The van der Waals surface area contributed by atoms with E-state index in [1.54, 1.807) is 6.92 Å². The Kier molecular flexibility index (Phi) is 6.18. The van der Waals surface area contributed by atoms with Crippen molar-refractivity contribution in [1.82, 2.24) is 14.3 Å². The van der Waals surface area contributed by atoms with Gasteiger partial charge in [0.1, 0.15) is 11.4 Å². The van der Waals surface area contributed by atoms with Gasteiger partial charge < -0.3 is 4.90 Å². The zero-order chi connectivity index (χ0) is 26.4. The first-order valence-corrected chi connectivity index (χ1v) is 13.4. The summed E-state index contributed by atoms with van der Waals surface area (Å²) in [5.41, 5.74) is 7.91. The van der Waals surface area contributed by atoms with E-state index in [1.165, 1.54) is 0 Å². The molecular formula is C32H31N3O3. The molecule has 2 aromatic heterocycles. The molecule has 2 aromatic carbocycles. The summed E-state index contributed by atoms with van der Waals surface area (Å²) in [5.74, 6) is 0.695. The number of carbonyl (C=O) groups is 3. The van der Waals surface area contributed by atoms with Crippen molar-refractivity contribution in [3.8, 4) is 11.3 Å². The fraction of sp³-hybridized carbons (Fsp3) is 0.312. The molecule has 6 nitrogen and oxygen atoms in total. The topological polar surface area (TPSA) is 71.8 Å². The first-order chi connectivity index (χ1) is 18.4. The molecule has 0 N–H and O–H groups in total. The smallest absolute Gasteiger partial charge is 0.253 e. The van der Waals surface area contributed by atoms with E-state index in [0.29, 0.717) is 31.5 Å². The van der Waals surface area contributed by atoms with Gasteiger partial charge in [0.2, 0.25) is 0 Å². The summed E-state index contributed by atoms with van der Waals surface area (Å²) < 4.78 is 2.11. The lowest BCUT2D eigenvalue weighted by atomic mass is 9.90. The van der Waals surface area contributed by atoms with Gasteiger partial charge in [-0.15, -0.1) is 0 Å². The summed E-state index contributed by atoms with van der Waals surface area (Å²) in [4.78, 5) is 43.4. The number of pyridine rings is 1. The van der Waals surface area contributed by atoms with Crippen LogP contribution in [-0.2, 0) is 17.6 Å². The fourth-order valence-corrected chi connectivity index (χ4v) is 5.94. The lowest BCUT2D eigenvalue weighted by Crippen LogP contribution is -2.30. The second kappa shape index (κ2) is 9.67. The Labute approximate surface area is 222 Å². The van der Waals surface area contributed by atoms with Crippen molar-refractivity contribution < 1.29 is 14.4 Å². The summed E-state index contributed by atoms with van der Waals surface area (Å²) in [6.45, 7) is 4.95. The number of hydrogen-bond acceptors (Lipinski definition) is 4. The molecule has 1 aliphatic carbocycles. The highest BCUT2D eigenvalue weighted by molar-refractivity contribution is 6.01. The maximum atomic E-state index is 13.1. The number of amides is 1. The largest absolute Gasteiger partial charge is 0.338 e. The standard InChI is InChI=1S/C32H31N3O3/c1-20(21(2)36)27-13-15-34(19-27)32(38)23-5-3-22(4-6-23)17-26-8-11-29(35-16-14-33-31(26)35)25-7-10-28-24(18-25)9-12-30(28)37/h3-8,10-11,14,16,18,20,27H,9,12-13,15,17,19H2,1-2H3. The van der Waals surface area contributed by atoms with Gasteiger partial charge in [0, 0.05) is 55.4 Å². The molecule has 1 aliphatic heterocycles. The van der Waals surface area contributed by atoms with Crippen molar-refractivity contribution in [3.05, 3.63) is 94.8 Å².